The first-order chi connectivity index (χ1) is 8.06. The summed E-state index contributed by atoms with van der Waals surface area (Å²) >= 11 is 6.24. The normalized spacial score (nSPS) is 10.4. The highest BCUT2D eigenvalue weighted by Crippen LogP contribution is 2.13. The Bertz CT molecular complexity index is 597. The average molecular weight is 271 g/mol. The van der Waals surface area contributed by atoms with E-state index in [0.717, 1.165) is 9.68 Å². The Labute approximate surface area is 105 Å². The molecule has 0 bridgehead atoms. The molecule has 2 aromatic rings. The summed E-state index contributed by atoms with van der Waals surface area (Å²) in [5.74, 6) is 5.17. The number of nitrogens with two attached hydrogens (primary N) is 1. The van der Waals surface area contributed by atoms with Gasteiger partial charge in [-0.15, -0.1) is 10.2 Å². The van der Waals surface area contributed by atoms with E-state index >= 15 is 0 Å². The van der Waals surface area contributed by atoms with E-state index in [-0.39, 0.29) is 17.2 Å². The zero-order valence-corrected chi connectivity index (χ0v) is 10.5. The zero-order chi connectivity index (χ0) is 12.4. The first kappa shape index (κ1) is 11.7. The second-order valence-electron chi connectivity index (χ2n) is 3.15. The van der Waals surface area contributed by atoms with Gasteiger partial charge in [-0.2, -0.15) is 5.10 Å². The molecule has 0 saturated heterocycles. The van der Waals surface area contributed by atoms with Crippen LogP contribution in [0.25, 0.3) is 0 Å². The van der Waals surface area contributed by atoms with Crippen molar-refractivity contribution in [2.45, 2.75) is 13.5 Å². The van der Waals surface area contributed by atoms with Crippen molar-refractivity contribution in [1.82, 2.24) is 24.7 Å². The minimum atomic E-state index is -0.282. The molecule has 8 nitrogen and oxygen atoms in total. The lowest BCUT2D eigenvalue weighted by atomic mass is 10.6. The minimum absolute atomic E-state index is 0.0122. The van der Waals surface area contributed by atoms with Crippen LogP contribution in [-0.4, -0.2) is 30.6 Å². The van der Waals surface area contributed by atoms with Gasteiger partial charge in [-0.3, -0.25) is 10.1 Å². The quantitative estimate of drug-likeness (QED) is 0.598. The first-order valence-electron chi connectivity index (χ1n) is 4.56. The lowest BCUT2D eigenvalue weighted by Gasteiger charge is -2.00. The van der Waals surface area contributed by atoms with E-state index in [0.29, 0.717) is 5.13 Å². The van der Waals surface area contributed by atoms with E-state index in [1.54, 1.807) is 6.92 Å². The van der Waals surface area contributed by atoms with Crippen molar-refractivity contribution in [1.29, 1.82) is 0 Å². The number of nitrogen functional groups attached to an aromatic ring is 1. The molecule has 90 valence electrons. The van der Waals surface area contributed by atoms with Crippen molar-refractivity contribution in [3.8, 4) is 0 Å². The van der Waals surface area contributed by atoms with Gasteiger partial charge in [0.15, 0.2) is 0 Å². The molecular weight excluding hydrogens is 262 g/mol. The fourth-order valence-corrected chi connectivity index (χ4v) is 1.87. The van der Waals surface area contributed by atoms with Gasteiger partial charge >= 0.3 is 0 Å². The van der Waals surface area contributed by atoms with Gasteiger partial charge in [0.05, 0.1) is 0 Å². The van der Waals surface area contributed by atoms with Crippen LogP contribution in [0.15, 0.2) is 6.33 Å². The third-order valence-electron chi connectivity index (χ3n) is 1.82. The van der Waals surface area contributed by atoms with Crippen LogP contribution in [-0.2, 0) is 11.3 Å². The third kappa shape index (κ3) is 2.65. The molecule has 0 fully saturated rings. The zero-order valence-electron chi connectivity index (χ0n) is 8.82. The standard InChI is InChI=1S/C7H9N7OS2/c1-4-11-12-6(17-4)10-5(15)2-14-7(16)13(8)3-9-14/h3H,2,8H2,1H3,(H,10,12,15). The number of amides is 1. The molecule has 3 N–H and O–H groups in total. The fourth-order valence-electron chi connectivity index (χ4n) is 1.10. The number of rotatable bonds is 3. The Morgan fingerprint density at radius 1 is 1.65 bits per heavy atom. The molecule has 0 aromatic carbocycles. The molecule has 0 saturated carbocycles. The van der Waals surface area contributed by atoms with Crippen molar-refractivity contribution < 1.29 is 4.79 Å². The largest absolute Gasteiger partial charge is 0.336 e. The number of nitrogens with zero attached hydrogens (tertiary/aromatic N) is 5. The van der Waals surface area contributed by atoms with Crippen molar-refractivity contribution in [2.75, 3.05) is 11.2 Å². The van der Waals surface area contributed by atoms with E-state index in [1.165, 1.54) is 22.3 Å². The summed E-state index contributed by atoms with van der Waals surface area (Å²) in [7, 11) is 0. The number of aryl methyl sites for hydroxylation is 1. The Morgan fingerprint density at radius 3 is 2.94 bits per heavy atom. The monoisotopic (exact) mass is 271 g/mol. The van der Waals surface area contributed by atoms with Crippen LogP contribution >= 0.6 is 23.6 Å². The molecule has 0 unspecified atom stereocenters. The predicted molar refractivity (Wildman–Crippen MR) is 64.5 cm³/mol. The summed E-state index contributed by atoms with van der Waals surface area (Å²) in [5.41, 5.74) is 0. The molecule has 0 aliphatic carbocycles. The Hall–Kier alpha value is -1.81. The Balaban J connectivity index is 2.03. The van der Waals surface area contributed by atoms with Crippen molar-refractivity contribution in [3.63, 3.8) is 0 Å². The summed E-state index contributed by atoms with van der Waals surface area (Å²) in [5, 5.41) is 15.2. The van der Waals surface area contributed by atoms with Gasteiger partial charge in [0.1, 0.15) is 17.9 Å². The summed E-state index contributed by atoms with van der Waals surface area (Å²) < 4.78 is 2.75. The minimum Gasteiger partial charge on any atom is -0.336 e. The topological polar surface area (TPSA) is 104 Å². The third-order valence-corrected chi connectivity index (χ3v) is 3.00. The van der Waals surface area contributed by atoms with Crippen LogP contribution in [0, 0.1) is 11.7 Å². The summed E-state index contributed by atoms with van der Waals surface area (Å²) in [4.78, 5) is 11.6. The lowest BCUT2D eigenvalue weighted by molar-refractivity contribution is -0.116. The highest BCUT2D eigenvalue weighted by atomic mass is 32.1. The molecule has 1 amide bonds. The second kappa shape index (κ2) is 4.59. The van der Waals surface area contributed by atoms with Gasteiger partial charge in [-0.25, -0.2) is 9.36 Å². The second-order valence-corrected chi connectivity index (χ2v) is 4.70. The van der Waals surface area contributed by atoms with Gasteiger partial charge in [-0.05, 0) is 19.1 Å². The smallest absolute Gasteiger partial charge is 0.248 e. The van der Waals surface area contributed by atoms with E-state index in [4.69, 9.17) is 18.1 Å². The van der Waals surface area contributed by atoms with Crippen LogP contribution in [0.3, 0.4) is 0 Å². The molecule has 2 aromatic heterocycles. The van der Waals surface area contributed by atoms with E-state index in [1.807, 2.05) is 0 Å². The summed E-state index contributed by atoms with van der Waals surface area (Å²) in [6.45, 7) is 1.79. The van der Waals surface area contributed by atoms with Crippen LogP contribution in [0.5, 0.6) is 0 Å². The molecule has 2 heterocycles. The lowest BCUT2D eigenvalue weighted by Crippen LogP contribution is -2.20. The molecule has 0 spiro atoms. The number of nitrogens with one attached hydrogen (secondary N) is 1. The van der Waals surface area contributed by atoms with Crippen LogP contribution in [0.1, 0.15) is 5.01 Å². The maximum Gasteiger partial charge on any atom is 0.248 e. The highest BCUT2D eigenvalue weighted by Gasteiger charge is 2.09. The number of anilines is 1. The van der Waals surface area contributed by atoms with Gasteiger partial charge in [0.25, 0.3) is 0 Å². The van der Waals surface area contributed by atoms with Crippen LogP contribution in [0.2, 0.25) is 0 Å². The molecular formula is C7H9N7OS2. The van der Waals surface area contributed by atoms with Crippen molar-refractivity contribution in [3.05, 3.63) is 16.1 Å². The number of aromatic nitrogens is 5. The van der Waals surface area contributed by atoms with Crippen molar-refractivity contribution >= 4 is 34.6 Å². The maximum atomic E-state index is 11.6. The molecule has 2 rings (SSSR count). The van der Waals surface area contributed by atoms with Gasteiger partial charge in [0.2, 0.25) is 15.8 Å². The fraction of sp³-hybridized carbons (Fsp3) is 0.286. The average Bonchev–Trinajstić information content (AvgIpc) is 2.79. The van der Waals surface area contributed by atoms with E-state index in [9.17, 15) is 4.79 Å². The molecule has 17 heavy (non-hydrogen) atoms. The number of hydrogen-bond donors (Lipinski definition) is 2. The number of carbonyl (C=O) groups is 1. The van der Waals surface area contributed by atoms with Gasteiger partial charge in [0, 0.05) is 0 Å². The van der Waals surface area contributed by atoms with E-state index in [2.05, 4.69) is 20.6 Å². The molecule has 0 radical (unpaired) electrons. The van der Waals surface area contributed by atoms with Crippen molar-refractivity contribution in [2.24, 2.45) is 0 Å². The molecule has 0 atom stereocenters. The Morgan fingerprint density at radius 2 is 2.41 bits per heavy atom. The number of hydrogen-bond acceptors (Lipinski definition) is 7. The number of carbonyl (C=O) groups excluding carboxylic acids is 1. The van der Waals surface area contributed by atoms with Gasteiger partial charge < -0.3 is 5.84 Å². The van der Waals surface area contributed by atoms with E-state index < -0.39 is 0 Å². The summed E-state index contributed by atoms with van der Waals surface area (Å²) in [6.07, 6.45) is 1.34. The molecule has 10 heteroatoms. The Kier molecular flexibility index (Phi) is 3.15. The molecule has 0 aliphatic rings. The first-order valence-corrected chi connectivity index (χ1v) is 5.78. The molecule has 0 aliphatic heterocycles. The SMILES string of the molecule is Cc1nnc(NC(=O)Cn2ncn(N)c2=S)s1. The predicted octanol–water partition coefficient (Wildman–Crippen LogP) is -0.0735. The van der Waals surface area contributed by atoms with Crippen LogP contribution < -0.4 is 11.2 Å². The maximum absolute atomic E-state index is 11.6. The summed E-state index contributed by atoms with van der Waals surface area (Å²) in [6, 6.07) is 0. The highest BCUT2D eigenvalue weighted by molar-refractivity contribution is 7.71. The van der Waals surface area contributed by atoms with Crippen LogP contribution in [0.4, 0.5) is 5.13 Å². The van der Waals surface area contributed by atoms with Gasteiger partial charge in [-0.1, -0.05) is 11.3 Å².